The first-order chi connectivity index (χ1) is 15.4. The van der Waals surface area contributed by atoms with E-state index in [9.17, 15) is 9.59 Å². The summed E-state index contributed by atoms with van der Waals surface area (Å²) in [6, 6.07) is 15.1. The van der Waals surface area contributed by atoms with Crippen molar-refractivity contribution in [3.8, 4) is 0 Å². The van der Waals surface area contributed by atoms with Gasteiger partial charge in [-0.25, -0.2) is 9.78 Å². The lowest BCUT2D eigenvalue weighted by Gasteiger charge is -2.28. The number of aromatic amines is 1. The molecule has 3 aromatic rings. The number of ether oxygens (including phenoxy) is 1. The Kier molecular flexibility index (Phi) is 6.74. The first-order valence-corrected chi connectivity index (χ1v) is 11.9. The maximum absolute atomic E-state index is 13.2. The summed E-state index contributed by atoms with van der Waals surface area (Å²) in [6.45, 7) is 1.78. The van der Waals surface area contributed by atoms with Crippen molar-refractivity contribution in [3.05, 3.63) is 96.3 Å². The molecule has 0 fully saturated rings. The van der Waals surface area contributed by atoms with E-state index in [2.05, 4.69) is 31.2 Å². The quantitative estimate of drug-likeness (QED) is 0.257. The third-order valence-corrected chi connectivity index (χ3v) is 6.91. The molecule has 1 unspecified atom stereocenters. The van der Waals surface area contributed by atoms with Crippen molar-refractivity contribution in [1.82, 2.24) is 9.97 Å². The molecule has 0 radical (unpaired) electrons. The molecule has 1 aliphatic rings. The van der Waals surface area contributed by atoms with Crippen LogP contribution < -0.4 is 10.9 Å². The van der Waals surface area contributed by atoms with Gasteiger partial charge in [-0.3, -0.25) is 4.79 Å². The summed E-state index contributed by atoms with van der Waals surface area (Å²) in [5, 5.41) is 4.25. The lowest BCUT2D eigenvalue weighted by Crippen LogP contribution is -2.31. The third-order valence-electron chi connectivity index (χ3n) is 5.13. The summed E-state index contributed by atoms with van der Waals surface area (Å²) in [7, 11) is 1.33. The number of benzene rings is 2. The molecule has 1 aliphatic heterocycles. The second kappa shape index (κ2) is 9.52. The van der Waals surface area contributed by atoms with E-state index in [1.165, 1.54) is 18.9 Å². The number of halogens is 2. The zero-order valence-corrected chi connectivity index (χ0v) is 20.4. The summed E-state index contributed by atoms with van der Waals surface area (Å²) in [6.07, 6.45) is 0. The van der Waals surface area contributed by atoms with Gasteiger partial charge < -0.3 is 15.0 Å². The van der Waals surface area contributed by atoms with Crippen molar-refractivity contribution in [2.45, 2.75) is 23.8 Å². The molecular weight excluding hydrogens is 514 g/mol. The van der Waals surface area contributed by atoms with Gasteiger partial charge in [0, 0.05) is 20.9 Å². The summed E-state index contributed by atoms with van der Waals surface area (Å²) < 4.78 is 5.86. The number of nitrogens with zero attached hydrogens (tertiary/aromatic N) is 1. The van der Waals surface area contributed by atoms with Gasteiger partial charge in [0.1, 0.15) is 5.82 Å². The molecule has 0 amide bonds. The number of H-pyrrole nitrogens is 1. The fraction of sp³-hybridized carbons (Fsp3) is 0.174. The SMILES string of the molecule is COC(=O)C1=C(C)Nc2nc(SCc3ccccc3Cl)[nH]c(=O)c2C1c1cccc(Br)c1. The summed E-state index contributed by atoms with van der Waals surface area (Å²) >= 11 is 11.1. The minimum Gasteiger partial charge on any atom is -0.466 e. The first kappa shape index (κ1) is 22.6. The van der Waals surface area contributed by atoms with Gasteiger partial charge in [-0.1, -0.05) is 69.6 Å². The highest BCUT2D eigenvalue weighted by atomic mass is 79.9. The van der Waals surface area contributed by atoms with Crippen molar-refractivity contribution in [2.75, 3.05) is 12.4 Å². The zero-order chi connectivity index (χ0) is 22.8. The van der Waals surface area contributed by atoms with Crippen molar-refractivity contribution >= 4 is 51.1 Å². The number of fused-ring (bicyclic) bond motifs is 1. The van der Waals surface area contributed by atoms with Crippen LogP contribution in [0.15, 0.2) is 74.2 Å². The Morgan fingerprint density at radius 1 is 1.25 bits per heavy atom. The molecule has 2 aromatic carbocycles. The maximum atomic E-state index is 13.2. The predicted molar refractivity (Wildman–Crippen MR) is 130 cm³/mol. The summed E-state index contributed by atoms with van der Waals surface area (Å²) in [4.78, 5) is 33.4. The summed E-state index contributed by atoms with van der Waals surface area (Å²) in [5.74, 6) is -0.138. The largest absolute Gasteiger partial charge is 0.466 e. The highest BCUT2D eigenvalue weighted by Crippen LogP contribution is 2.40. The van der Waals surface area contributed by atoms with Gasteiger partial charge in [0.2, 0.25) is 0 Å². The number of hydrogen-bond acceptors (Lipinski definition) is 6. The van der Waals surface area contributed by atoms with E-state index in [1.807, 2.05) is 48.5 Å². The minimum atomic E-state index is -0.616. The van der Waals surface area contributed by atoms with Gasteiger partial charge >= 0.3 is 5.97 Å². The molecule has 4 rings (SSSR count). The van der Waals surface area contributed by atoms with Crippen LogP contribution in [0.4, 0.5) is 5.82 Å². The fourth-order valence-corrected chi connectivity index (χ4v) is 5.22. The molecule has 0 bridgehead atoms. The Labute approximate surface area is 202 Å². The van der Waals surface area contributed by atoms with Crippen LogP contribution in [0.25, 0.3) is 0 Å². The van der Waals surface area contributed by atoms with Crippen molar-refractivity contribution in [1.29, 1.82) is 0 Å². The topological polar surface area (TPSA) is 84.1 Å². The number of thioether (sulfide) groups is 1. The molecule has 164 valence electrons. The Balaban J connectivity index is 1.77. The maximum Gasteiger partial charge on any atom is 0.336 e. The number of carbonyl (C=O) groups excluding carboxylic acids is 1. The van der Waals surface area contributed by atoms with Crippen LogP contribution in [-0.2, 0) is 15.3 Å². The van der Waals surface area contributed by atoms with Crippen LogP contribution in [-0.4, -0.2) is 23.0 Å². The highest BCUT2D eigenvalue weighted by molar-refractivity contribution is 9.10. The molecule has 0 saturated heterocycles. The Morgan fingerprint density at radius 2 is 2.03 bits per heavy atom. The normalized spacial score (nSPS) is 15.2. The van der Waals surface area contributed by atoms with Gasteiger partial charge in [0.15, 0.2) is 5.16 Å². The molecule has 9 heteroatoms. The number of aromatic nitrogens is 2. The summed E-state index contributed by atoms with van der Waals surface area (Å²) in [5.41, 5.74) is 2.75. The third kappa shape index (κ3) is 4.48. The van der Waals surface area contributed by atoms with Gasteiger partial charge in [0.05, 0.1) is 24.2 Å². The van der Waals surface area contributed by atoms with Gasteiger partial charge in [-0.05, 0) is 36.2 Å². The van der Waals surface area contributed by atoms with E-state index in [0.29, 0.717) is 38.6 Å². The fourth-order valence-electron chi connectivity index (χ4n) is 3.66. The van der Waals surface area contributed by atoms with Gasteiger partial charge in [0.25, 0.3) is 5.56 Å². The Bertz CT molecular complexity index is 1290. The molecule has 1 atom stereocenters. The van der Waals surface area contributed by atoms with E-state index in [4.69, 9.17) is 16.3 Å². The highest BCUT2D eigenvalue weighted by Gasteiger charge is 2.36. The van der Waals surface area contributed by atoms with E-state index in [-0.39, 0.29) is 5.56 Å². The van der Waals surface area contributed by atoms with Crippen LogP contribution in [0.3, 0.4) is 0 Å². The number of methoxy groups -OCH3 is 1. The number of anilines is 1. The first-order valence-electron chi connectivity index (χ1n) is 9.71. The molecule has 32 heavy (non-hydrogen) atoms. The molecule has 6 nitrogen and oxygen atoms in total. The average Bonchev–Trinajstić information content (AvgIpc) is 2.77. The Hall–Kier alpha value is -2.55. The van der Waals surface area contributed by atoms with Crippen LogP contribution in [0.2, 0.25) is 5.02 Å². The molecular formula is C23H19BrClN3O3S. The molecule has 2 N–H and O–H groups in total. The van der Waals surface area contributed by atoms with E-state index >= 15 is 0 Å². The van der Waals surface area contributed by atoms with Gasteiger partial charge in [-0.15, -0.1) is 0 Å². The predicted octanol–water partition coefficient (Wildman–Crippen LogP) is 5.48. The lowest BCUT2D eigenvalue weighted by atomic mass is 9.82. The molecule has 0 spiro atoms. The number of hydrogen-bond donors (Lipinski definition) is 2. The smallest absolute Gasteiger partial charge is 0.336 e. The molecule has 0 saturated carbocycles. The molecule has 1 aromatic heterocycles. The van der Waals surface area contributed by atoms with Gasteiger partial charge in [-0.2, -0.15) is 0 Å². The number of esters is 1. The van der Waals surface area contributed by atoms with Crippen LogP contribution >= 0.6 is 39.3 Å². The number of carbonyl (C=O) groups is 1. The molecule has 0 aliphatic carbocycles. The van der Waals surface area contributed by atoms with Crippen molar-refractivity contribution in [3.63, 3.8) is 0 Å². The van der Waals surface area contributed by atoms with E-state index in [1.54, 1.807) is 6.92 Å². The van der Waals surface area contributed by atoms with Crippen LogP contribution in [0.1, 0.15) is 29.5 Å². The minimum absolute atomic E-state index is 0.317. The Morgan fingerprint density at radius 3 is 2.75 bits per heavy atom. The number of allylic oxidation sites excluding steroid dienone is 1. The monoisotopic (exact) mass is 531 g/mol. The second-order valence-electron chi connectivity index (χ2n) is 7.16. The standard InChI is InChI=1S/C23H19BrClN3O3S/c1-12-17(22(30)31-2)18(13-7-5-8-15(24)10-13)19-20(26-12)27-23(28-21(19)29)32-11-14-6-3-4-9-16(14)25/h3-10,18H,11H2,1-2H3,(H2,26,27,28,29). The lowest BCUT2D eigenvalue weighted by molar-refractivity contribution is -0.136. The van der Waals surface area contributed by atoms with E-state index in [0.717, 1.165) is 15.6 Å². The van der Waals surface area contributed by atoms with Crippen LogP contribution in [0, 0.1) is 0 Å². The number of nitrogens with one attached hydrogen (secondary N) is 2. The average molecular weight is 533 g/mol. The second-order valence-corrected chi connectivity index (χ2v) is 9.44. The van der Waals surface area contributed by atoms with Crippen molar-refractivity contribution in [2.24, 2.45) is 0 Å². The molecule has 2 heterocycles. The van der Waals surface area contributed by atoms with E-state index < -0.39 is 11.9 Å². The number of rotatable bonds is 5. The van der Waals surface area contributed by atoms with Crippen molar-refractivity contribution < 1.29 is 9.53 Å². The van der Waals surface area contributed by atoms with Crippen LogP contribution in [0.5, 0.6) is 0 Å². The zero-order valence-electron chi connectivity index (χ0n) is 17.2.